The second-order valence-corrected chi connectivity index (χ2v) is 11.8. The summed E-state index contributed by atoms with van der Waals surface area (Å²) in [4.78, 5) is 62.7. The molecule has 0 aromatic carbocycles. The highest BCUT2D eigenvalue weighted by atomic mass is 16.5. The molecule has 1 heterocycles. The fourth-order valence-electron chi connectivity index (χ4n) is 5.88. The van der Waals surface area contributed by atoms with Gasteiger partial charge in [0, 0.05) is 62.0 Å². The Morgan fingerprint density at radius 3 is 2.27 bits per heavy atom. The van der Waals surface area contributed by atoms with Crippen molar-refractivity contribution in [1.82, 2.24) is 30.2 Å². The van der Waals surface area contributed by atoms with Crippen LogP contribution in [0.3, 0.4) is 0 Å². The molecule has 1 fully saturated rings. The van der Waals surface area contributed by atoms with Crippen molar-refractivity contribution in [3.8, 4) is 0 Å². The number of ether oxygens (including phenoxy) is 2. The van der Waals surface area contributed by atoms with Gasteiger partial charge in [0.15, 0.2) is 5.96 Å². The summed E-state index contributed by atoms with van der Waals surface area (Å²) in [6.07, 6.45) is 1.05. The van der Waals surface area contributed by atoms with Gasteiger partial charge in [0.1, 0.15) is 13.1 Å². The number of nitrogens with one attached hydrogen (secondary N) is 2. The van der Waals surface area contributed by atoms with E-state index in [1.165, 1.54) is 7.11 Å². The Labute approximate surface area is 263 Å². The Morgan fingerprint density at radius 1 is 1.09 bits per heavy atom. The number of carbonyl (C=O) groups is 4. The van der Waals surface area contributed by atoms with Crippen molar-refractivity contribution < 1.29 is 33.8 Å². The molecule has 14 heteroatoms. The molecule has 0 spiro atoms. The van der Waals surface area contributed by atoms with E-state index < -0.39 is 36.5 Å². The second-order valence-electron chi connectivity index (χ2n) is 11.8. The number of likely N-dealkylation sites (N-methyl/N-ethyl adjacent to an activating group) is 3. The zero-order valence-electron chi connectivity index (χ0n) is 28.5. The SMILES string of the molecule is CCC(C)C(C(CC(=O)N1CCCC1C(OC)C(C)C(=O)NCC(=O)O)OC)N(C)C(=O)CN=C(N(C)C)N(C)CCNC. The molecule has 3 N–H and O–H groups in total. The molecule has 0 aliphatic carbocycles. The fraction of sp³-hybridized carbons (Fsp3) is 0.833. The van der Waals surface area contributed by atoms with Crippen molar-refractivity contribution in [2.24, 2.45) is 16.8 Å². The Balaban J connectivity index is 3.12. The maximum Gasteiger partial charge on any atom is 0.322 e. The van der Waals surface area contributed by atoms with E-state index in [1.807, 2.05) is 51.8 Å². The van der Waals surface area contributed by atoms with Crippen LogP contribution in [-0.2, 0) is 28.7 Å². The summed E-state index contributed by atoms with van der Waals surface area (Å²) in [6, 6.07) is -0.725. The van der Waals surface area contributed by atoms with Crippen LogP contribution in [0.1, 0.15) is 46.5 Å². The number of methoxy groups -OCH3 is 2. The highest BCUT2D eigenvalue weighted by Crippen LogP contribution is 2.29. The standard InChI is InChI=1S/C30H57N7O7/c1-11-20(2)27(36(8)25(39)18-33-30(34(5)6)35(7)16-14-31-4)23(43-9)17-24(38)37-15-12-13-22(37)28(44-10)21(3)29(42)32-19-26(40)41/h20-23,27-28,31H,11-19H2,1-10H3,(H,32,42)(H,40,41). The van der Waals surface area contributed by atoms with Crippen LogP contribution in [0.4, 0.5) is 0 Å². The summed E-state index contributed by atoms with van der Waals surface area (Å²) in [5.74, 6) is -1.84. The van der Waals surface area contributed by atoms with Crippen LogP contribution in [0.5, 0.6) is 0 Å². The largest absolute Gasteiger partial charge is 0.480 e. The normalized spacial score (nSPS) is 18.6. The van der Waals surface area contributed by atoms with E-state index >= 15 is 0 Å². The minimum Gasteiger partial charge on any atom is -0.480 e. The summed E-state index contributed by atoms with van der Waals surface area (Å²) >= 11 is 0. The highest BCUT2D eigenvalue weighted by molar-refractivity contribution is 5.85. The topological polar surface area (TPSA) is 156 Å². The molecule has 1 rings (SSSR count). The maximum absolute atomic E-state index is 13.8. The van der Waals surface area contributed by atoms with Crippen molar-refractivity contribution in [1.29, 1.82) is 0 Å². The van der Waals surface area contributed by atoms with Gasteiger partial charge in [-0.3, -0.25) is 19.2 Å². The maximum atomic E-state index is 13.8. The molecule has 0 bridgehead atoms. The van der Waals surface area contributed by atoms with E-state index in [9.17, 15) is 19.2 Å². The van der Waals surface area contributed by atoms with Crippen LogP contribution in [0.15, 0.2) is 4.99 Å². The fourth-order valence-corrected chi connectivity index (χ4v) is 5.88. The second kappa shape index (κ2) is 19.4. The molecule has 0 aromatic heterocycles. The van der Waals surface area contributed by atoms with Gasteiger partial charge in [0.25, 0.3) is 0 Å². The summed E-state index contributed by atoms with van der Waals surface area (Å²) in [5, 5.41) is 14.4. The van der Waals surface area contributed by atoms with E-state index in [4.69, 9.17) is 14.6 Å². The molecule has 0 saturated carbocycles. The lowest BCUT2D eigenvalue weighted by Gasteiger charge is -2.39. The first-order valence-corrected chi connectivity index (χ1v) is 15.4. The van der Waals surface area contributed by atoms with Gasteiger partial charge in [0.05, 0.1) is 36.6 Å². The van der Waals surface area contributed by atoms with Crippen molar-refractivity contribution in [2.45, 2.75) is 70.7 Å². The molecule has 254 valence electrons. The van der Waals surface area contributed by atoms with Crippen LogP contribution in [0.25, 0.3) is 0 Å². The smallest absolute Gasteiger partial charge is 0.322 e. The minimum absolute atomic E-state index is 0.0383. The third-order valence-corrected chi connectivity index (χ3v) is 8.51. The number of hydrogen-bond donors (Lipinski definition) is 3. The van der Waals surface area contributed by atoms with Crippen molar-refractivity contribution in [3.05, 3.63) is 0 Å². The molecule has 1 saturated heterocycles. The third-order valence-electron chi connectivity index (χ3n) is 8.51. The highest BCUT2D eigenvalue weighted by Gasteiger charge is 2.42. The number of rotatable bonds is 18. The lowest BCUT2D eigenvalue weighted by atomic mass is 9.90. The van der Waals surface area contributed by atoms with Crippen LogP contribution in [0, 0.1) is 11.8 Å². The number of hydrogen-bond acceptors (Lipinski definition) is 8. The van der Waals surface area contributed by atoms with Crippen molar-refractivity contribution in [3.63, 3.8) is 0 Å². The average molecular weight is 628 g/mol. The first-order chi connectivity index (χ1) is 20.7. The first-order valence-electron chi connectivity index (χ1n) is 15.4. The van der Waals surface area contributed by atoms with Gasteiger partial charge < -0.3 is 44.8 Å². The lowest BCUT2D eigenvalue weighted by molar-refractivity contribution is -0.145. The van der Waals surface area contributed by atoms with Gasteiger partial charge in [0.2, 0.25) is 17.7 Å². The van der Waals surface area contributed by atoms with E-state index in [2.05, 4.69) is 15.6 Å². The number of amides is 3. The number of likely N-dealkylation sites (tertiary alicyclic amines) is 1. The quantitative estimate of drug-likeness (QED) is 0.142. The van der Waals surface area contributed by atoms with Crippen LogP contribution in [0.2, 0.25) is 0 Å². The van der Waals surface area contributed by atoms with E-state index in [-0.39, 0.29) is 42.8 Å². The number of nitrogens with zero attached hydrogens (tertiary/aromatic N) is 5. The van der Waals surface area contributed by atoms with Crippen LogP contribution < -0.4 is 10.6 Å². The van der Waals surface area contributed by atoms with E-state index in [1.54, 1.807) is 30.9 Å². The monoisotopic (exact) mass is 627 g/mol. The molecule has 3 amide bonds. The van der Waals surface area contributed by atoms with E-state index in [0.717, 1.165) is 25.9 Å². The number of aliphatic imine (C=N–C) groups is 1. The molecule has 0 radical (unpaired) electrons. The lowest BCUT2D eigenvalue weighted by Crippen LogP contribution is -2.53. The molecular formula is C30H57N7O7. The molecule has 1 aliphatic heterocycles. The predicted molar refractivity (Wildman–Crippen MR) is 169 cm³/mol. The Kier molecular flexibility index (Phi) is 17.2. The molecule has 6 unspecified atom stereocenters. The molecule has 44 heavy (non-hydrogen) atoms. The summed E-state index contributed by atoms with van der Waals surface area (Å²) < 4.78 is 11.6. The van der Waals surface area contributed by atoms with Crippen molar-refractivity contribution >= 4 is 29.7 Å². The number of carbonyl (C=O) groups excluding carboxylic acids is 3. The van der Waals surface area contributed by atoms with Crippen LogP contribution in [-0.4, -0.2) is 161 Å². The number of aliphatic carboxylic acids is 1. The van der Waals surface area contributed by atoms with E-state index in [0.29, 0.717) is 18.9 Å². The van der Waals surface area contributed by atoms with Gasteiger partial charge in [-0.15, -0.1) is 0 Å². The first kappa shape index (κ1) is 39.1. The van der Waals surface area contributed by atoms with Gasteiger partial charge in [-0.1, -0.05) is 27.2 Å². The number of carboxylic acid groups (broad SMARTS) is 1. The molecule has 6 atom stereocenters. The van der Waals surface area contributed by atoms with Gasteiger partial charge >= 0.3 is 5.97 Å². The Morgan fingerprint density at radius 2 is 1.75 bits per heavy atom. The molecule has 14 nitrogen and oxygen atoms in total. The van der Waals surface area contributed by atoms with Gasteiger partial charge in [-0.05, 0) is 25.8 Å². The Bertz CT molecular complexity index is 964. The number of carboxylic acids is 1. The molecular weight excluding hydrogens is 570 g/mol. The summed E-state index contributed by atoms with van der Waals surface area (Å²) in [7, 11) is 12.4. The van der Waals surface area contributed by atoms with Gasteiger partial charge in [-0.25, -0.2) is 4.99 Å². The number of guanidine groups is 1. The zero-order valence-corrected chi connectivity index (χ0v) is 28.5. The minimum atomic E-state index is -1.14. The van der Waals surface area contributed by atoms with Crippen LogP contribution >= 0.6 is 0 Å². The summed E-state index contributed by atoms with van der Waals surface area (Å²) in [5.41, 5.74) is 0. The zero-order chi connectivity index (χ0) is 33.6. The van der Waals surface area contributed by atoms with Crippen molar-refractivity contribution in [2.75, 3.05) is 82.2 Å². The average Bonchev–Trinajstić information content (AvgIpc) is 3.47. The summed E-state index contributed by atoms with van der Waals surface area (Å²) in [6.45, 7) is 7.24. The Hall–Kier alpha value is -2.97. The third kappa shape index (κ3) is 11.2. The van der Waals surface area contributed by atoms with Gasteiger partial charge in [-0.2, -0.15) is 0 Å². The molecule has 1 aliphatic rings. The molecule has 0 aromatic rings. The predicted octanol–water partition coefficient (Wildman–Crippen LogP) is 0.176.